The monoisotopic (exact) mass is 296 g/mol. The van der Waals surface area contributed by atoms with Gasteiger partial charge in [-0.25, -0.2) is 0 Å². The number of benzene rings is 2. The second kappa shape index (κ2) is 6.89. The number of amides is 2. The van der Waals surface area contributed by atoms with Crippen molar-refractivity contribution in [3.05, 3.63) is 59.2 Å². The van der Waals surface area contributed by atoms with Crippen LogP contribution in [0.5, 0.6) is 0 Å². The molecule has 0 atom stereocenters. The summed E-state index contributed by atoms with van der Waals surface area (Å²) in [4.78, 5) is 23.8. The number of rotatable bonds is 4. The molecule has 2 amide bonds. The molecule has 4 heteroatoms. The highest BCUT2D eigenvalue weighted by Crippen LogP contribution is 2.21. The Hall–Kier alpha value is -2.62. The molecular weight excluding hydrogens is 276 g/mol. The molecule has 0 aliphatic rings. The van der Waals surface area contributed by atoms with Gasteiger partial charge in [-0.15, -0.1) is 0 Å². The van der Waals surface area contributed by atoms with E-state index in [9.17, 15) is 9.59 Å². The molecule has 22 heavy (non-hydrogen) atoms. The maximum Gasteiger partial charge on any atom is 0.255 e. The lowest BCUT2D eigenvalue weighted by Crippen LogP contribution is -2.14. The van der Waals surface area contributed by atoms with E-state index in [1.807, 2.05) is 44.2 Å². The van der Waals surface area contributed by atoms with Crippen LogP contribution in [0.25, 0.3) is 0 Å². The number of hydrogen-bond acceptors (Lipinski definition) is 2. The predicted octanol–water partition coefficient (Wildman–Crippen LogP) is 3.90. The minimum atomic E-state index is -0.161. The van der Waals surface area contributed by atoms with Gasteiger partial charge >= 0.3 is 0 Å². The summed E-state index contributed by atoms with van der Waals surface area (Å²) in [6, 6.07) is 12.9. The second-order valence-corrected chi connectivity index (χ2v) is 5.26. The Morgan fingerprint density at radius 2 is 1.77 bits per heavy atom. The number of anilines is 2. The van der Waals surface area contributed by atoms with Crippen molar-refractivity contribution in [1.29, 1.82) is 0 Å². The highest BCUT2D eigenvalue weighted by atomic mass is 16.2. The maximum atomic E-state index is 12.3. The van der Waals surface area contributed by atoms with E-state index in [1.165, 1.54) is 0 Å². The Bertz CT molecular complexity index is 708. The van der Waals surface area contributed by atoms with Crippen LogP contribution in [0.3, 0.4) is 0 Å². The average molecular weight is 296 g/mol. The van der Waals surface area contributed by atoms with Crippen LogP contribution in [0.1, 0.15) is 34.8 Å². The third kappa shape index (κ3) is 3.95. The van der Waals surface area contributed by atoms with Crippen molar-refractivity contribution in [2.24, 2.45) is 0 Å². The molecule has 0 heterocycles. The molecular formula is C18H20N2O2. The van der Waals surface area contributed by atoms with Crippen molar-refractivity contribution in [3.63, 3.8) is 0 Å². The van der Waals surface area contributed by atoms with E-state index >= 15 is 0 Å². The maximum absolute atomic E-state index is 12.3. The summed E-state index contributed by atoms with van der Waals surface area (Å²) < 4.78 is 0. The number of aryl methyl sites for hydroxylation is 2. The fourth-order valence-electron chi connectivity index (χ4n) is 2.06. The van der Waals surface area contributed by atoms with Crippen LogP contribution in [0.2, 0.25) is 0 Å². The predicted molar refractivity (Wildman–Crippen MR) is 89.2 cm³/mol. The Labute approximate surface area is 130 Å². The average Bonchev–Trinajstić information content (AvgIpc) is 2.50. The molecule has 114 valence electrons. The first-order chi connectivity index (χ1) is 10.5. The molecule has 2 rings (SSSR count). The highest BCUT2D eigenvalue weighted by Gasteiger charge is 2.09. The fourth-order valence-corrected chi connectivity index (χ4v) is 2.06. The van der Waals surface area contributed by atoms with E-state index < -0.39 is 0 Å². The third-order valence-electron chi connectivity index (χ3n) is 3.37. The molecule has 0 saturated heterocycles. The first-order valence-electron chi connectivity index (χ1n) is 7.28. The number of hydrogen-bond donors (Lipinski definition) is 2. The third-order valence-corrected chi connectivity index (χ3v) is 3.37. The largest absolute Gasteiger partial charge is 0.326 e. The Balaban J connectivity index is 2.19. The van der Waals surface area contributed by atoms with E-state index in [2.05, 4.69) is 10.6 Å². The van der Waals surface area contributed by atoms with E-state index in [1.54, 1.807) is 19.1 Å². The van der Waals surface area contributed by atoms with Crippen LogP contribution in [0.4, 0.5) is 11.4 Å². The number of carbonyl (C=O) groups is 2. The van der Waals surface area contributed by atoms with Crippen molar-refractivity contribution in [2.75, 3.05) is 10.6 Å². The van der Waals surface area contributed by atoms with E-state index in [4.69, 9.17) is 0 Å². The molecule has 0 aliphatic carbocycles. The molecule has 0 bridgehead atoms. The minimum Gasteiger partial charge on any atom is -0.326 e. The molecule has 0 unspecified atom stereocenters. The van der Waals surface area contributed by atoms with Gasteiger partial charge in [-0.1, -0.05) is 30.7 Å². The lowest BCUT2D eigenvalue weighted by atomic mass is 10.1. The Kier molecular flexibility index (Phi) is 4.94. The van der Waals surface area contributed by atoms with E-state index in [-0.39, 0.29) is 11.8 Å². The zero-order chi connectivity index (χ0) is 16.1. The smallest absolute Gasteiger partial charge is 0.255 e. The summed E-state index contributed by atoms with van der Waals surface area (Å²) in [7, 11) is 0. The molecule has 4 nitrogen and oxygen atoms in total. The van der Waals surface area contributed by atoms with Crippen LogP contribution < -0.4 is 10.6 Å². The summed E-state index contributed by atoms with van der Waals surface area (Å²) in [5.41, 5.74) is 3.96. The van der Waals surface area contributed by atoms with Gasteiger partial charge in [-0.3, -0.25) is 9.59 Å². The van der Waals surface area contributed by atoms with Crippen LogP contribution >= 0.6 is 0 Å². The summed E-state index contributed by atoms with van der Waals surface area (Å²) in [5, 5.41) is 5.69. The molecule has 2 aromatic carbocycles. The normalized spacial score (nSPS) is 10.1. The van der Waals surface area contributed by atoms with Crippen molar-refractivity contribution in [3.8, 4) is 0 Å². The molecule has 0 radical (unpaired) electrons. The van der Waals surface area contributed by atoms with Gasteiger partial charge in [-0.2, -0.15) is 0 Å². The quantitative estimate of drug-likeness (QED) is 0.899. The molecule has 2 N–H and O–H groups in total. The molecule has 0 saturated carbocycles. The van der Waals surface area contributed by atoms with Crippen LogP contribution in [0.15, 0.2) is 42.5 Å². The van der Waals surface area contributed by atoms with Crippen molar-refractivity contribution >= 4 is 23.2 Å². The van der Waals surface area contributed by atoms with Gasteiger partial charge in [0, 0.05) is 23.4 Å². The van der Waals surface area contributed by atoms with E-state index in [0.717, 1.165) is 11.1 Å². The summed E-state index contributed by atoms with van der Waals surface area (Å²) in [5.74, 6) is -0.217. The Morgan fingerprint density at radius 1 is 1.00 bits per heavy atom. The van der Waals surface area contributed by atoms with E-state index in [0.29, 0.717) is 23.4 Å². The van der Waals surface area contributed by atoms with Crippen molar-refractivity contribution in [2.45, 2.75) is 27.2 Å². The SMILES string of the molecule is CCC(=O)Nc1ccc(C)c(NC(=O)c2cccc(C)c2)c1. The molecule has 2 aromatic rings. The van der Waals surface area contributed by atoms with Crippen LogP contribution in [0, 0.1) is 13.8 Å². The second-order valence-electron chi connectivity index (χ2n) is 5.26. The minimum absolute atomic E-state index is 0.0557. The van der Waals surface area contributed by atoms with Crippen molar-refractivity contribution in [1.82, 2.24) is 0 Å². The number of carbonyl (C=O) groups excluding carboxylic acids is 2. The van der Waals surface area contributed by atoms with Gasteiger partial charge < -0.3 is 10.6 Å². The summed E-state index contributed by atoms with van der Waals surface area (Å²) in [6.45, 7) is 5.66. The van der Waals surface area contributed by atoms with Gasteiger partial charge in [0.1, 0.15) is 0 Å². The topological polar surface area (TPSA) is 58.2 Å². The van der Waals surface area contributed by atoms with Crippen LogP contribution in [-0.2, 0) is 4.79 Å². The standard InChI is InChI=1S/C18H20N2O2/c1-4-17(21)19-15-9-8-13(3)16(11-15)20-18(22)14-7-5-6-12(2)10-14/h5-11H,4H2,1-3H3,(H,19,21)(H,20,22). The molecule has 0 spiro atoms. The van der Waals surface area contributed by atoms with Gasteiger partial charge in [0.2, 0.25) is 5.91 Å². The highest BCUT2D eigenvalue weighted by molar-refractivity contribution is 6.05. The fraction of sp³-hybridized carbons (Fsp3) is 0.222. The Morgan fingerprint density at radius 3 is 2.45 bits per heavy atom. The lowest BCUT2D eigenvalue weighted by molar-refractivity contribution is -0.115. The first kappa shape index (κ1) is 15.8. The molecule has 0 aliphatic heterocycles. The molecule has 0 fully saturated rings. The van der Waals surface area contributed by atoms with Crippen molar-refractivity contribution < 1.29 is 9.59 Å². The zero-order valence-electron chi connectivity index (χ0n) is 13.1. The lowest BCUT2D eigenvalue weighted by Gasteiger charge is -2.11. The first-order valence-corrected chi connectivity index (χ1v) is 7.28. The molecule has 0 aromatic heterocycles. The van der Waals surface area contributed by atoms with Gasteiger partial charge in [-0.05, 0) is 43.7 Å². The summed E-state index contributed by atoms with van der Waals surface area (Å²) in [6.07, 6.45) is 0.416. The summed E-state index contributed by atoms with van der Waals surface area (Å²) >= 11 is 0. The van der Waals surface area contributed by atoms with Gasteiger partial charge in [0.05, 0.1) is 0 Å². The van der Waals surface area contributed by atoms with Crippen LogP contribution in [-0.4, -0.2) is 11.8 Å². The van der Waals surface area contributed by atoms with Gasteiger partial charge in [0.25, 0.3) is 5.91 Å². The zero-order valence-corrected chi connectivity index (χ0v) is 13.1. The number of nitrogens with one attached hydrogen (secondary N) is 2. The van der Waals surface area contributed by atoms with Gasteiger partial charge in [0.15, 0.2) is 0 Å².